The van der Waals surface area contributed by atoms with Gasteiger partial charge in [0.05, 0.1) is 0 Å². The predicted octanol–water partition coefficient (Wildman–Crippen LogP) is 2.36. The first-order chi connectivity index (χ1) is 5.76. The SMILES string of the molecule is CCC(CC)Cc1noc(C)n1. The molecule has 1 aromatic heterocycles. The molecule has 12 heavy (non-hydrogen) atoms. The summed E-state index contributed by atoms with van der Waals surface area (Å²) in [5.41, 5.74) is 0. The lowest BCUT2D eigenvalue weighted by molar-refractivity contribution is 0.379. The average Bonchev–Trinajstić information content (AvgIpc) is 2.47. The second-order valence-corrected chi connectivity index (χ2v) is 3.12. The van der Waals surface area contributed by atoms with Gasteiger partial charge in [-0.3, -0.25) is 0 Å². The Morgan fingerprint density at radius 2 is 2.00 bits per heavy atom. The van der Waals surface area contributed by atoms with E-state index in [9.17, 15) is 0 Å². The van der Waals surface area contributed by atoms with Crippen LogP contribution in [0.3, 0.4) is 0 Å². The van der Waals surface area contributed by atoms with E-state index in [-0.39, 0.29) is 0 Å². The summed E-state index contributed by atoms with van der Waals surface area (Å²) in [4.78, 5) is 4.17. The smallest absolute Gasteiger partial charge is 0.223 e. The molecule has 3 heteroatoms. The molecule has 3 nitrogen and oxygen atoms in total. The van der Waals surface area contributed by atoms with Crippen molar-refractivity contribution in [1.82, 2.24) is 10.1 Å². The molecule has 0 saturated heterocycles. The maximum Gasteiger partial charge on any atom is 0.223 e. The molecule has 0 spiro atoms. The van der Waals surface area contributed by atoms with Crippen molar-refractivity contribution in [2.45, 2.75) is 40.0 Å². The molecular formula is C9H16N2O. The topological polar surface area (TPSA) is 38.9 Å². The van der Waals surface area contributed by atoms with Gasteiger partial charge in [0.15, 0.2) is 5.82 Å². The molecule has 0 radical (unpaired) electrons. The van der Waals surface area contributed by atoms with E-state index in [2.05, 4.69) is 24.0 Å². The molecule has 0 N–H and O–H groups in total. The van der Waals surface area contributed by atoms with Gasteiger partial charge in [0.2, 0.25) is 5.89 Å². The second kappa shape index (κ2) is 4.24. The summed E-state index contributed by atoms with van der Waals surface area (Å²) in [5.74, 6) is 2.21. The van der Waals surface area contributed by atoms with Crippen LogP contribution in [0.4, 0.5) is 0 Å². The van der Waals surface area contributed by atoms with Gasteiger partial charge in [0.25, 0.3) is 0 Å². The zero-order valence-corrected chi connectivity index (χ0v) is 8.00. The number of hydrogen-bond donors (Lipinski definition) is 0. The molecule has 68 valence electrons. The van der Waals surface area contributed by atoms with Gasteiger partial charge in [-0.1, -0.05) is 31.8 Å². The van der Waals surface area contributed by atoms with Crippen LogP contribution in [0.2, 0.25) is 0 Å². The summed E-state index contributed by atoms with van der Waals surface area (Å²) in [6, 6.07) is 0. The molecule has 0 unspecified atom stereocenters. The Morgan fingerprint density at radius 3 is 2.42 bits per heavy atom. The average molecular weight is 168 g/mol. The summed E-state index contributed by atoms with van der Waals surface area (Å²) < 4.78 is 4.89. The summed E-state index contributed by atoms with van der Waals surface area (Å²) in [7, 11) is 0. The Bertz CT molecular complexity index is 228. The third-order valence-corrected chi connectivity index (χ3v) is 2.20. The van der Waals surface area contributed by atoms with Crippen molar-refractivity contribution < 1.29 is 4.52 Å². The van der Waals surface area contributed by atoms with Crippen LogP contribution in [0.15, 0.2) is 4.52 Å². The highest BCUT2D eigenvalue weighted by atomic mass is 16.5. The lowest BCUT2D eigenvalue weighted by atomic mass is 9.99. The zero-order valence-electron chi connectivity index (χ0n) is 8.00. The Morgan fingerprint density at radius 1 is 1.33 bits per heavy atom. The van der Waals surface area contributed by atoms with E-state index in [0.717, 1.165) is 12.2 Å². The summed E-state index contributed by atoms with van der Waals surface area (Å²) >= 11 is 0. The first-order valence-corrected chi connectivity index (χ1v) is 4.55. The van der Waals surface area contributed by atoms with Crippen LogP contribution in [0, 0.1) is 12.8 Å². The van der Waals surface area contributed by atoms with Crippen LogP contribution in [0.25, 0.3) is 0 Å². The molecule has 0 aliphatic heterocycles. The number of aryl methyl sites for hydroxylation is 1. The second-order valence-electron chi connectivity index (χ2n) is 3.12. The molecule has 1 aromatic rings. The maximum absolute atomic E-state index is 4.89. The monoisotopic (exact) mass is 168 g/mol. The van der Waals surface area contributed by atoms with Crippen LogP contribution >= 0.6 is 0 Å². The number of hydrogen-bond acceptors (Lipinski definition) is 3. The molecule has 0 aliphatic rings. The van der Waals surface area contributed by atoms with E-state index in [1.165, 1.54) is 12.8 Å². The van der Waals surface area contributed by atoms with Crippen LogP contribution in [0.5, 0.6) is 0 Å². The largest absolute Gasteiger partial charge is 0.340 e. The van der Waals surface area contributed by atoms with Crippen molar-refractivity contribution in [3.8, 4) is 0 Å². The first-order valence-electron chi connectivity index (χ1n) is 4.55. The van der Waals surface area contributed by atoms with Gasteiger partial charge >= 0.3 is 0 Å². The minimum absolute atomic E-state index is 0.663. The van der Waals surface area contributed by atoms with Gasteiger partial charge in [-0.25, -0.2) is 0 Å². The zero-order chi connectivity index (χ0) is 8.97. The Balaban J connectivity index is 2.50. The minimum atomic E-state index is 0.663. The third kappa shape index (κ3) is 2.32. The molecule has 0 atom stereocenters. The van der Waals surface area contributed by atoms with E-state index in [4.69, 9.17) is 4.52 Å². The molecule has 0 amide bonds. The minimum Gasteiger partial charge on any atom is -0.340 e. The maximum atomic E-state index is 4.89. The van der Waals surface area contributed by atoms with Crippen LogP contribution in [0.1, 0.15) is 38.4 Å². The predicted molar refractivity (Wildman–Crippen MR) is 46.8 cm³/mol. The van der Waals surface area contributed by atoms with Gasteiger partial charge < -0.3 is 4.52 Å². The summed E-state index contributed by atoms with van der Waals surface area (Å²) in [5, 5.41) is 3.87. The van der Waals surface area contributed by atoms with Crippen LogP contribution in [-0.4, -0.2) is 10.1 Å². The van der Waals surface area contributed by atoms with Gasteiger partial charge in [-0.05, 0) is 5.92 Å². The Labute approximate surface area is 73.2 Å². The fourth-order valence-corrected chi connectivity index (χ4v) is 1.26. The quantitative estimate of drug-likeness (QED) is 0.692. The van der Waals surface area contributed by atoms with Crippen molar-refractivity contribution >= 4 is 0 Å². The van der Waals surface area contributed by atoms with E-state index in [1.54, 1.807) is 0 Å². The molecule has 0 fully saturated rings. The number of nitrogens with zero attached hydrogens (tertiary/aromatic N) is 2. The van der Waals surface area contributed by atoms with E-state index in [1.807, 2.05) is 6.92 Å². The Kier molecular flexibility index (Phi) is 3.26. The standard InChI is InChI=1S/C9H16N2O/c1-4-8(5-2)6-9-10-7(3)12-11-9/h8H,4-6H2,1-3H3. The van der Waals surface area contributed by atoms with Crippen LogP contribution in [-0.2, 0) is 6.42 Å². The van der Waals surface area contributed by atoms with Gasteiger partial charge in [-0.2, -0.15) is 4.98 Å². The van der Waals surface area contributed by atoms with Crippen molar-refractivity contribution in [3.05, 3.63) is 11.7 Å². The van der Waals surface area contributed by atoms with Crippen molar-refractivity contribution in [2.24, 2.45) is 5.92 Å². The fourth-order valence-electron chi connectivity index (χ4n) is 1.26. The lowest BCUT2D eigenvalue weighted by Crippen LogP contribution is -2.02. The molecule has 0 bridgehead atoms. The van der Waals surface area contributed by atoms with E-state index < -0.39 is 0 Å². The van der Waals surface area contributed by atoms with Gasteiger partial charge in [0, 0.05) is 13.3 Å². The lowest BCUT2D eigenvalue weighted by Gasteiger charge is -2.07. The molecule has 0 aromatic carbocycles. The molecule has 0 aliphatic carbocycles. The van der Waals surface area contributed by atoms with Gasteiger partial charge in [-0.15, -0.1) is 0 Å². The normalized spacial score (nSPS) is 11.0. The third-order valence-electron chi connectivity index (χ3n) is 2.20. The number of rotatable bonds is 4. The molecule has 1 rings (SSSR count). The van der Waals surface area contributed by atoms with E-state index >= 15 is 0 Å². The first kappa shape index (κ1) is 9.23. The number of aromatic nitrogens is 2. The Hall–Kier alpha value is -0.860. The van der Waals surface area contributed by atoms with Gasteiger partial charge in [0.1, 0.15) is 0 Å². The van der Waals surface area contributed by atoms with Crippen molar-refractivity contribution in [3.63, 3.8) is 0 Å². The van der Waals surface area contributed by atoms with Crippen molar-refractivity contribution in [1.29, 1.82) is 0 Å². The highest BCUT2D eigenvalue weighted by molar-refractivity contribution is 4.85. The fraction of sp³-hybridized carbons (Fsp3) is 0.778. The van der Waals surface area contributed by atoms with E-state index in [0.29, 0.717) is 11.8 Å². The highest BCUT2D eigenvalue weighted by Gasteiger charge is 2.09. The molecular weight excluding hydrogens is 152 g/mol. The summed E-state index contributed by atoms with van der Waals surface area (Å²) in [6.45, 7) is 6.21. The summed E-state index contributed by atoms with van der Waals surface area (Å²) in [6.07, 6.45) is 3.32. The molecule has 0 saturated carbocycles. The highest BCUT2D eigenvalue weighted by Crippen LogP contribution is 2.12. The molecule has 1 heterocycles. The van der Waals surface area contributed by atoms with Crippen molar-refractivity contribution in [2.75, 3.05) is 0 Å². The van der Waals surface area contributed by atoms with Crippen LogP contribution < -0.4 is 0 Å².